The number of carbonyl (C=O) groups excluding carboxylic acids is 1. The van der Waals surface area contributed by atoms with Crippen molar-refractivity contribution in [3.63, 3.8) is 0 Å². The Hall–Kier alpha value is -0.570. The lowest BCUT2D eigenvalue weighted by atomic mass is 9.82. The molecular formula is C13H26N2O. The molecule has 0 bridgehead atoms. The normalized spacial score (nSPS) is 21.1. The lowest BCUT2D eigenvalue weighted by Gasteiger charge is -2.27. The molecule has 1 fully saturated rings. The van der Waals surface area contributed by atoms with E-state index in [0.717, 1.165) is 45.2 Å². The standard InChI is InChI=1S/C13H26N2O/c1-4-7-11(14)12(16)15-9-8-13(5-2,6-3)10-15/h11H,4-10,14H2,1-3H3/t11-/m0/s1. The van der Waals surface area contributed by atoms with Gasteiger partial charge in [-0.15, -0.1) is 0 Å². The second kappa shape index (κ2) is 5.67. The van der Waals surface area contributed by atoms with Crippen molar-refractivity contribution in [3.05, 3.63) is 0 Å². The van der Waals surface area contributed by atoms with Crippen molar-refractivity contribution in [1.29, 1.82) is 0 Å². The molecule has 2 N–H and O–H groups in total. The average molecular weight is 226 g/mol. The highest BCUT2D eigenvalue weighted by atomic mass is 16.2. The molecular weight excluding hydrogens is 200 g/mol. The topological polar surface area (TPSA) is 46.3 Å². The summed E-state index contributed by atoms with van der Waals surface area (Å²) in [5, 5.41) is 0. The molecule has 3 heteroatoms. The summed E-state index contributed by atoms with van der Waals surface area (Å²) in [5.74, 6) is 0.158. The molecule has 1 amide bonds. The van der Waals surface area contributed by atoms with Crippen LogP contribution in [0.4, 0.5) is 0 Å². The third-order valence-electron chi connectivity index (χ3n) is 4.17. The Kier molecular flexibility index (Phi) is 4.78. The molecule has 0 saturated carbocycles. The molecule has 1 saturated heterocycles. The molecule has 0 aromatic heterocycles. The Morgan fingerprint density at radius 1 is 1.38 bits per heavy atom. The first-order valence-corrected chi connectivity index (χ1v) is 6.63. The van der Waals surface area contributed by atoms with Crippen LogP contribution in [0.5, 0.6) is 0 Å². The Morgan fingerprint density at radius 3 is 2.44 bits per heavy atom. The van der Waals surface area contributed by atoms with Gasteiger partial charge in [-0.1, -0.05) is 27.2 Å². The van der Waals surface area contributed by atoms with Crippen LogP contribution >= 0.6 is 0 Å². The predicted octanol–water partition coefficient (Wildman–Crippen LogP) is 2.15. The number of hydrogen-bond acceptors (Lipinski definition) is 2. The van der Waals surface area contributed by atoms with Gasteiger partial charge in [0.15, 0.2) is 0 Å². The minimum Gasteiger partial charge on any atom is -0.341 e. The van der Waals surface area contributed by atoms with Gasteiger partial charge in [0, 0.05) is 13.1 Å². The number of hydrogen-bond donors (Lipinski definition) is 1. The molecule has 3 nitrogen and oxygen atoms in total. The van der Waals surface area contributed by atoms with E-state index in [2.05, 4.69) is 20.8 Å². The second-order valence-electron chi connectivity index (χ2n) is 5.11. The highest BCUT2D eigenvalue weighted by Gasteiger charge is 2.37. The van der Waals surface area contributed by atoms with Crippen molar-refractivity contribution in [3.8, 4) is 0 Å². The van der Waals surface area contributed by atoms with Crippen molar-refractivity contribution in [2.45, 2.75) is 58.9 Å². The smallest absolute Gasteiger partial charge is 0.239 e. The molecule has 94 valence electrons. The van der Waals surface area contributed by atoms with Gasteiger partial charge in [0.1, 0.15) is 0 Å². The van der Waals surface area contributed by atoms with Crippen molar-refractivity contribution >= 4 is 5.91 Å². The van der Waals surface area contributed by atoms with Crippen LogP contribution in [0.2, 0.25) is 0 Å². The fourth-order valence-corrected chi connectivity index (χ4v) is 2.62. The van der Waals surface area contributed by atoms with E-state index in [1.54, 1.807) is 0 Å². The molecule has 0 aromatic carbocycles. The first-order chi connectivity index (χ1) is 7.58. The maximum atomic E-state index is 12.1. The number of likely N-dealkylation sites (tertiary alicyclic amines) is 1. The summed E-state index contributed by atoms with van der Waals surface area (Å²) in [6.45, 7) is 8.33. The molecule has 1 aliphatic heterocycles. The van der Waals surface area contributed by atoms with Crippen molar-refractivity contribution in [2.75, 3.05) is 13.1 Å². The van der Waals surface area contributed by atoms with Gasteiger partial charge in [-0.05, 0) is 31.1 Å². The third-order valence-corrected chi connectivity index (χ3v) is 4.17. The van der Waals surface area contributed by atoms with E-state index in [-0.39, 0.29) is 11.9 Å². The van der Waals surface area contributed by atoms with Crippen LogP contribution in [0.1, 0.15) is 52.9 Å². The minimum atomic E-state index is -0.283. The predicted molar refractivity (Wildman–Crippen MR) is 67.1 cm³/mol. The summed E-state index contributed by atoms with van der Waals surface area (Å²) in [6.07, 6.45) is 5.26. The average Bonchev–Trinajstić information content (AvgIpc) is 2.73. The summed E-state index contributed by atoms with van der Waals surface area (Å²) < 4.78 is 0. The van der Waals surface area contributed by atoms with E-state index in [0.29, 0.717) is 5.41 Å². The monoisotopic (exact) mass is 226 g/mol. The summed E-state index contributed by atoms with van der Waals surface area (Å²) in [6, 6.07) is -0.283. The summed E-state index contributed by atoms with van der Waals surface area (Å²) in [5.41, 5.74) is 6.25. The maximum absolute atomic E-state index is 12.1. The summed E-state index contributed by atoms with van der Waals surface area (Å²) >= 11 is 0. The molecule has 1 heterocycles. The van der Waals surface area contributed by atoms with E-state index in [9.17, 15) is 4.79 Å². The van der Waals surface area contributed by atoms with E-state index < -0.39 is 0 Å². The SMILES string of the molecule is CCC[C@H](N)C(=O)N1CCC(CC)(CC)C1. The number of nitrogens with two attached hydrogens (primary N) is 1. The quantitative estimate of drug-likeness (QED) is 0.781. The molecule has 0 spiro atoms. The molecule has 1 rings (SSSR count). The molecule has 0 unspecified atom stereocenters. The Morgan fingerprint density at radius 2 is 2.00 bits per heavy atom. The lowest BCUT2D eigenvalue weighted by molar-refractivity contribution is -0.132. The Bertz CT molecular complexity index is 236. The number of rotatable bonds is 5. The van der Waals surface area contributed by atoms with Gasteiger partial charge in [0.2, 0.25) is 5.91 Å². The van der Waals surface area contributed by atoms with Gasteiger partial charge < -0.3 is 10.6 Å². The number of nitrogens with zero attached hydrogens (tertiary/aromatic N) is 1. The van der Waals surface area contributed by atoms with Crippen molar-refractivity contribution in [2.24, 2.45) is 11.1 Å². The van der Waals surface area contributed by atoms with Gasteiger partial charge in [0.25, 0.3) is 0 Å². The third kappa shape index (κ3) is 2.76. The van der Waals surface area contributed by atoms with Crippen LogP contribution in [0.25, 0.3) is 0 Å². The minimum absolute atomic E-state index is 0.158. The molecule has 0 radical (unpaired) electrons. The van der Waals surface area contributed by atoms with E-state index in [4.69, 9.17) is 5.73 Å². The van der Waals surface area contributed by atoms with Crippen LogP contribution in [0.3, 0.4) is 0 Å². The van der Waals surface area contributed by atoms with E-state index in [1.807, 2.05) is 4.90 Å². The maximum Gasteiger partial charge on any atom is 0.239 e. The Labute approximate surface area is 99.4 Å². The van der Waals surface area contributed by atoms with Crippen molar-refractivity contribution in [1.82, 2.24) is 4.90 Å². The van der Waals surface area contributed by atoms with Crippen LogP contribution in [-0.2, 0) is 4.79 Å². The van der Waals surface area contributed by atoms with E-state index >= 15 is 0 Å². The fraction of sp³-hybridized carbons (Fsp3) is 0.923. The van der Waals surface area contributed by atoms with Crippen LogP contribution < -0.4 is 5.73 Å². The van der Waals surface area contributed by atoms with Crippen LogP contribution in [-0.4, -0.2) is 29.9 Å². The zero-order valence-corrected chi connectivity index (χ0v) is 11.0. The molecule has 16 heavy (non-hydrogen) atoms. The second-order valence-corrected chi connectivity index (χ2v) is 5.11. The van der Waals surface area contributed by atoms with Gasteiger partial charge in [-0.3, -0.25) is 4.79 Å². The summed E-state index contributed by atoms with van der Waals surface area (Å²) in [7, 11) is 0. The van der Waals surface area contributed by atoms with Gasteiger partial charge in [-0.2, -0.15) is 0 Å². The summed E-state index contributed by atoms with van der Waals surface area (Å²) in [4.78, 5) is 14.0. The van der Waals surface area contributed by atoms with Gasteiger partial charge >= 0.3 is 0 Å². The molecule has 0 aliphatic carbocycles. The largest absolute Gasteiger partial charge is 0.341 e. The zero-order valence-electron chi connectivity index (χ0n) is 11.0. The van der Waals surface area contributed by atoms with Gasteiger partial charge in [-0.25, -0.2) is 0 Å². The fourth-order valence-electron chi connectivity index (χ4n) is 2.62. The van der Waals surface area contributed by atoms with Crippen LogP contribution in [0, 0.1) is 5.41 Å². The number of carbonyl (C=O) groups is 1. The van der Waals surface area contributed by atoms with E-state index in [1.165, 1.54) is 0 Å². The van der Waals surface area contributed by atoms with Crippen molar-refractivity contribution < 1.29 is 4.79 Å². The van der Waals surface area contributed by atoms with Gasteiger partial charge in [0.05, 0.1) is 6.04 Å². The highest BCUT2D eigenvalue weighted by Crippen LogP contribution is 2.37. The molecule has 1 aliphatic rings. The Balaban J connectivity index is 2.55. The zero-order chi connectivity index (χ0) is 12.2. The molecule has 1 atom stereocenters. The lowest BCUT2D eigenvalue weighted by Crippen LogP contribution is -2.43. The first-order valence-electron chi connectivity index (χ1n) is 6.63. The number of amides is 1. The molecule has 0 aromatic rings. The highest BCUT2D eigenvalue weighted by molar-refractivity contribution is 5.81. The first kappa shape index (κ1) is 13.5. The van der Waals surface area contributed by atoms with Crippen LogP contribution in [0.15, 0.2) is 0 Å².